The molecule has 0 unspecified atom stereocenters. The second kappa shape index (κ2) is 7.49. The van der Waals surface area contributed by atoms with Gasteiger partial charge in [0.15, 0.2) is 5.78 Å². The Morgan fingerprint density at radius 3 is 2.71 bits per heavy atom. The number of ketones is 1. The Hall–Kier alpha value is -1.65. The lowest BCUT2D eigenvalue weighted by molar-refractivity contribution is -0.149. The van der Waals surface area contributed by atoms with E-state index in [1.54, 1.807) is 6.08 Å². The van der Waals surface area contributed by atoms with Crippen molar-refractivity contribution in [1.29, 1.82) is 0 Å². The highest BCUT2D eigenvalue weighted by molar-refractivity contribution is 5.94. The number of unbranched alkanes of at least 4 members (excludes halogenated alkanes) is 1. The Labute approximate surface area is 143 Å². The molecule has 0 N–H and O–H groups in total. The molecule has 5 heteroatoms. The predicted octanol–water partition coefficient (Wildman–Crippen LogP) is 3.07. The van der Waals surface area contributed by atoms with Crippen molar-refractivity contribution in [1.82, 2.24) is 0 Å². The third kappa shape index (κ3) is 3.87. The lowest BCUT2D eigenvalue weighted by Crippen LogP contribution is -2.25. The number of allylic oxidation sites excluding steroid dienone is 2. The minimum atomic E-state index is -0.409. The van der Waals surface area contributed by atoms with Gasteiger partial charge in [-0.25, -0.2) is 0 Å². The predicted molar refractivity (Wildman–Crippen MR) is 89.1 cm³/mol. The van der Waals surface area contributed by atoms with E-state index in [1.807, 2.05) is 19.9 Å². The number of fused-ring (bicyclic) bond motifs is 1. The van der Waals surface area contributed by atoms with Gasteiger partial charge in [0.05, 0.1) is 19.4 Å². The SMILES string of the molecule is CCCCC(C)(C)C(=O)C=C[C@H]1[C@H]2CC(=O)O[C@@H]2C[C@@H]1C(=O)OC. The molecule has 0 aromatic heterocycles. The van der Waals surface area contributed by atoms with E-state index in [2.05, 4.69) is 6.92 Å². The van der Waals surface area contributed by atoms with Gasteiger partial charge in [0, 0.05) is 11.3 Å². The zero-order valence-electron chi connectivity index (χ0n) is 15.0. The Balaban J connectivity index is 2.12. The van der Waals surface area contributed by atoms with Crippen LogP contribution in [0.15, 0.2) is 12.2 Å². The van der Waals surface area contributed by atoms with Gasteiger partial charge >= 0.3 is 11.9 Å². The summed E-state index contributed by atoms with van der Waals surface area (Å²) in [5.74, 6) is -1.02. The van der Waals surface area contributed by atoms with Crippen LogP contribution < -0.4 is 0 Å². The molecule has 4 atom stereocenters. The first kappa shape index (κ1) is 18.7. The lowest BCUT2D eigenvalue weighted by Gasteiger charge is -2.22. The Kier molecular flexibility index (Phi) is 5.83. The molecule has 2 fully saturated rings. The molecule has 24 heavy (non-hydrogen) atoms. The van der Waals surface area contributed by atoms with Gasteiger partial charge in [0.1, 0.15) is 6.10 Å². The van der Waals surface area contributed by atoms with Crippen molar-refractivity contribution < 1.29 is 23.9 Å². The van der Waals surface area contributed by atoms with E-state index in [0.717, 1.165) is 19.3 Å². The monoisotopic (exact) mass is 336 g/mol. The third-order valence-corrected chi connectivity index (χ3v) is 5.40. The van der Waals surface area contributed by atoms with Crippen molar-refractivity contribution in [2.45, 2.75) is 59.0 Å². The standard InChI is InChI=1S/C19H28O5/c1-5-6-9-19(2,3)16(20)8-7-12-13-11-17(21)24-15(13)10-14(12)18(22)23-4/h7-8,12-15H,5-6,9-11H2,1-4H3/t12-,13+,14-,15+/m0/s1. The molecule has 134 valence electrons. The van der Waals surface area contributed by atoms with Crippen molar-refractivity contribution in [3.8, 4) is 0 Å². The average molecular weight is 336 g/mol. The van der Waals surface area contributed by atoms with Crippen molar-refractivity contribution in [2.24, 2.45) is 23.2 Å². The van der Waals surface area contributed by atoms with Crippen LogP contribution in [0.5, 0.6) is 0 Å². The molecule has 0 bridgehead atoms. The molecule has 0 spiro atoms. The van der Waals surface area contributed by atoms with Crippen molar-refractivity contribution in [3.05, 3.63) is 12.2 Å². The van der Waals surface area contributed by atoms with Crippen molar-refractivity contribution in [2.75, 3.05) is 7.11 Å². The van der Waals surface area contributed by atoms with Crippen LogP contribution in [0.4, 0.5) is 0 Å². The quantitative estimate of drug-likeness (QED) is 0.528. The molecule has 2 rings (SSSR count). The Morgan fingerprint density at radius 2 is 2.08 bits per heavy atom. The number of ether oxygens (including phenoxy) is 2. The molecule has 1 saturated carbocycles. The van der Waals surface area contributed by atoms with Crippen LogP contribution in [-0.2, 0) is 23.9 Å². The number of esters is 2. The Morgan fingerprint density at radius 1 is 1.38 bits per heavy atom. The summed E-state index contributed by atoms with van der Waals surface area (Å²) < 4.78 is 10.2. The Bertz CT molecular complexity index is 534. The highest BCUT2D eigenvalue weighted by Gasteiger charge is 2.51. The van der Waals surface area contributed by atoms with Crippen molar-refractivity contribution in [3.63, 3.8) is 0 Å². The molecule has 0 radical (unpaired) electrons. The van der Waals surface area contributed by atoms with E-state index < -0.39 is 5.41 Å². The van der Waals surface area contributed by atoms with Crippen LogP contribution in [0.25, 0.3) is 0 Å². The molecular formula is C19H28O5. The molecule has 2 aliphatic rings. The topological polar surface area (TPSA) is 69.7 Å². The number of rotatable bonds is 7. The van der Waals surface area contributed by atoms with Gasteiger partial charge < -0.3 is 9.47 Å². The van der Waals surface area contributed by atoms with Crippen LogP contribution in [0, 0.1) is 23.2 Å². The minimum absolute atomic E-state index is 0.0376. The first-order valence-corrected chi connectivity index (χ1v) is 8.80. The highest BCUT2D eigenvalue weighted by Crippen LogP contribution is 2.46. The number of hydrogen-bond donors (Lipinski definition) is 0. The smallest absolute Gasteiger partial charge is 0.309 e. The van der Waals surface area contributed by atoms with E-state index in [9.17, 15) is 14.4 Å². The van der Waals surface area contributed by atoms with Gasteiger partial charge in [0.25, 0.3) is 0 Å². The summed E-state index contributed by atoms with van der Waals surface area (Å²) >= 11 is 0. The van der Waals surface area contributed by atoms with Crippen LogP contribution in [0.1, 0.15) is 52.9 Å². The zero-order valence-corrected chi connectivity index (χ0v) is 15.0. The van der Waals surface area contributed by atoms with E-state index in [-0.39, 0.29) is 41.6 Å². The first-order chi connectivity index (χ1) is 11.3. The number of carbonyl (C=O) groups is 3. The van der Waals surface area contributed by atoms with Gasteiger partial charge in [-0.3, -0.25) is 14.4 Å². The maximum Gasteiger partial charge on any atom is 0.309 e. The zero-order chi connectivity index (χ0) is 17.9. The molecule has 5 nitrogen and oxygen atoms in total. The largest absolute Gasteiger partial charge is 0.469 e. The molecule has 1 aliphatic carbocycles. The fourth-order valence-corrected chi connectivity index (χ4v) is 3.79. The molecule has 1 heterocycles. The average Bonchev–Trinajstić information content (AvgIpc) is 3.06. The van der Waals surface area contributed by atoms with Gasteiger partial charge in [-0.05, 0) is 24.8 Å². The summed E-state index contributed by atoms with van der Waals surface area (Å²) in [6.07, 6.45) is 6.85. The molecule has 1 saturated heterocycles. The third-order valence-electron chi connectivity index (χ3n) is 5.40. The summed E-state index contributed by atoms with van der Waals surface area (Å²) in [5, 5.41) is 0. The van der Waals surface area contributed by atoms with Crippen LogP contribution in [-0.4, -0.2) is 30.9 Å². The maximum atomic E-state index is 12.5. The molecular weight excluding hydrogens is 308 g/mol. The second-order valence-corrected chi connectivity index (χ2v) is 7.55. The highest BCUT2D eigenvalue weighted by atomic mass is 16.6. The fourth-order valence-electron chi connectivity index (χ4n) is 3.79. The molecule has 0 aromatic rings. The van der Waals surface area contributed by atoms with Crippen molar-refractivity contribution >= 4 is 17.7 Å². The lowest BCUT2D eigenvalue weighted by atomic mass is 9.81. The van der Waals surface area contributed by atoms with Gasteiger partial charge in [-0.2, -0.15) is 0 Å². The van der Waals surface area contributed by atoms with E-state index in [1.165, 1.54) is 7.11 Å². The molecule has 1 aliphatic heterocycles. The first-order valence-electron chi connectivity index (χ1n) is 8.80. The van der Waals surface area contributed by atoms with E-state index >= 15 is 0 Å². The number of methoxy groups -OCH3 is 1. The second-order valence-electron chi connectivity index (χ2n) is 7.55. The summed E-state index contributed by atoms with van der Waals surface area (Å²) in [6.45, 7) is 6.01. The van der Waals surface area contributed by atoms with Gasteiger partial charge in [0.2, 0.25) is 0 Å². The van der Waals surface area contributed by atoms with E-state index in [4.69, 9.17) is 9.47 Å². The molecule has 0 aromatic carbocycles. The van der Waals surface area contributed by atoms with Crippen LogP contribution >= 0.6 is 0 Å². The van der Waals surface area contributed by atoms with Gasteiger partial charge in [-0.1, -0.05) is 39.7 Å². The minimum Gasteiger partial charge on any atom is -0.469 e. The summed E-state index contributed by atoms with van der Waals surface area (Å²) in [6, 6.07) is 0. The summed E-state index contributed by atoms with van der Waals surface area (Å²) in [5.41, 5.74) is -0.409. The van der Waals surface area contributed by atoms with Gasteiger partial charge in [-0.15, -0.1) is 0 Å². The maximum absolute atomic E-state index is 12.5. The van der Waals surface area contributed by atoms with E-state index in [0.29, 0.717) is 12.8 Å². The summed E-state index contributed by atoms with van der Waals surface area (Å²) in [4.78, 5) is 36.1. The van der Waals surface area contributed by atoms with Crippen LogP contribution in [0.3, 0.4) is 0 Å². The fraction of sp³-hybridized carbons (Fsp3) is 0.737. The summed E-state index contributed by atoms with van der Waals surface area (Å²) in [7, 11) is 1.36. The number of carbonyl (C=O) groups excluding carboxylic acids is 3. The van der Waals surface area contributed by atoms with Crippen LogP contribution in [0.2, 0.25) is 0 Å². The molecule has 0 amide bonds. The number of hydrogen-bond acceptors (Lipinski definition) is 5. The normalized spacial score (nSPS) is 29.6.